The molecule has 0 bridgehead atoms. The first-order chi connectivity index (χ1) is 7.08. The standard InChI is InChI=1S/C10H9Br2NS2/c1-5-2-6(4-14-5)9(13)7-3-8(11)15-10(7)12/h2-4,9H,13H2,1H3. The molecule has 2 aromatic heterocycles. The van der Waals surface area contributed by atoms with Crippen LogP contribution in [0, 0.1) is 6.92 Å². The first-order valence-corrected chi connectivity index (χ1v) is 7.61. The van der Waals surface area contributed by atoms with Crippen LogP contribution in [0.3, 0.4) is 0 Å². The molecule has 0 aromatic carbocycles. The van der Waals surface area contributed by atoms with Crippen LogP contribution >= 0.6 is 54.5 Å². The lowest BCUT2D eigenvalue weighted by atomic mass is 10.1. The fourth-order valence-electron chi connectivity index (χ4n) is 1.37. The Hall–Kier alpha value is 0.320. The van der Waals surface area contributed by atoms with E-state index in [-0.39, 0.29) is 6.04 Å². The summed E-state index contributed by atoms with van der Waals surface area (Å²) >= 11 is 10.4. The van der Waals surface area contributed by atoms with E-state index in [0.717, 1.165) is 13.1 Å². The summed E-state index contributed by atoms with van der Waals surface area (Å²) in [5.41, 5.74) is 8.53. The van der Waals surface area contributed by atoms with E-state index < -0.39 is 0 Å². The highest BCUT2D eigenvalue weighted by Crippen LogP contribution is 2.37. The Morgan fingerprint density at radius 1 is 1.33 bits per heavy atom. The summed E-state index contributed by atoms with van der Waals surface area (Å²) in [5, 5.41) is 2.12. The summed E-state index contributed by atoms with van der Waals surface area (Å²) in [5.74, 6) is 0. The molecule has 0 radical (unpaired) electrons. The Morgan fingerprint density at radius 3 is 2.53 bits per heavy atom. The zero-order valence-corrected chi connectivity index (χ0v) is 12.8. The number of rotatable bonds is 2. The highest BCUT2D eigenvalue weighted by atomic mass is 79.9. The molecule has 2 rings (SSSR count). The van der Waals surface area contributed by atoms with Gasteiger partial charge in [-0.15, -0.1) is 22.7 Å². The van der Waals surface area contributed by atoms with E-state index in [1.807, 2.05) is 0 Å². The second-order valence-electron chi connectivity index (χ2n) is 3.25. The van der Waals surface area contributed by atoms with Crippen LogP contribution in [0.4, 0.5) is 0 Å². The van der Waals surface area contributed by atoms with E-state index in [9.17, 15) is 0 Å². The minimum absolute atomic E-state index is 0.0353. The highest BCUT2D eigenvalue weighted by Gasteiger charge is 2.15. The van der Waals surface area contributed by atoms with Crippen molar-refractivity contribution in [1.82, 2.24) is 0 Å². The van der Waals surface area contributed by atoms with Crippen LogP contribution in [0.25, 0.3) is 0 Å². The molecule has 0 fully saturated rings. The molecule has 0 spiro atoms. The van der Waals surface area contributed by atoms with Gasteiger partial charge >= 0.3 is 0 Å². The predicted molar refractivity (Wildman–Crippen MR) is 74.8 cm³/mol. The monoisotopic (exact) mass is 365 g/mol. The fraction of sp³-hybridized carbons (Fsp3) is 0.200. The summed E-state index contributed by atoms with van der Waals surface area (Å²) in [4.78, 5) is 1.30. The van der Waals surface area contributed by atoms with Crippen molar-refractivity contribution in [2.75, 3.05) is 0 Å². The Labute approximate surface area is 114 Å². The van der Waals surface area contributed by atoms with Gasteiger partial charge in [0, 0.05) is 4.88 Å². The Morgan fingerprint density at radius 2 is 2.07 bits per heavy atom. The molecule has 1 unspecified atom stereocenters. The summed E-state index contributed by atoms with van der Waals surface area (Å²) in [7, 11) is 0. The molecule has 0 amide bonds. The lowest BCUT2D eigenvalue weighted by Gasteiger charge is -2.08. The molecule has 0 aliphatic carbocycles. The second-order valence-corrected chi connectivity index (χ2v) is 8.11. The smallest absolute Gasteiger partial charge is 0.0761 e. The van der Waals surface area contributed by atoms with Gasteiger partial charge in [0.15, 0.2) is 0 Å². The molecular weight excluding hydrogens is 358 g/mol. The zero-order valence-electron chi connectivity index (χ0n) is 7.96. The Kier molecular flexibility index (Phi) is 3.67. The van der Waals surface area contributed by atoms with Gasteiger partial charge in [-0.05, 0) is 67.4 Å². The van der Waals surface area contributed by atoms with Gasteiger partial charge in [-0.3, -0.25) is 0 Å². The summed E-state index contributed by atoms with van der Waals surface area (Å²) in [6, 6.07) is 4.19. The Bertz CT molecular complexity index is 475. The lowest BCUT2D eigenvalue weighted by Crippen LogP contribution is -2.10. The van der Waals surface area contributed by atoms with Crippen molar-refractivity contribution in [3.63, 3.8) is 0 Å². The van der Waals surface area contributed by atoms with Crippen LogP contribution in [-0.4, -0.2) is 0 Å². The highest BCUT2D eigenvalue weighted by molar-refractivity contribution is 9.12. The van der Waals surface area contributed by atoms with Gasteiger partial charge in [0.2, 0.25) is 0 Å². The first-order valence-electron chi connectivity index (χ1n) is 4.33. The molecule has 0 aliphatic rings. The summed E-state index contributed by atoms with van der Waals surface area (Å²) < 4.78 is 2.21. The molecular formula is C10H9Br2NS2. The molecule has 0 saturated heterocycles. The van der Waals surface area contributed by atoms with Gasteiger partial charge in [0.05, 0.1) is 13.6 Å². The van der Waals surface area contributed by atoms with Crippen molar-refractivity contribution < 1.29 is 0 Å². The van der Waals surface area contributed by atoms with Crippen LogP contribution in [0.5, 0.6) is 0 Å². The minimum atomic E-state index is -0.0353. The molecule has 5 heteroatoms. The average Bonchev–Trinajstić information content (AvgIpc) is 2.71. The third-order valence-electron chi connectivity index (χ3n) is 2.13. The molecule has 1 atom stereocenters. The van der Waals surface area contributed by atoms with Gasteiger partial charge in [-0.2, -0.15) is 0 Å². The number of aryl methyl sites for hydroxylation is 1. The molecule has 0 aliphatic heterocycles. The maximum atomic E-state index is 6.21. The average molecular weight is 367 g/mol. The third-order valence-corrected chi connectivity index (χ3v) is 5.39. The lowest BCUT2D eigenvalue weighted by molar-refractivity contribution is 0.877. The van der Waals surface area contributed by atoms with Gasteiger partial charge < -0.3 is 5.73 Å². The van der Waals surface area contributed by atoms with Crippen molar-refractivity contribution in [2.45, 2.75) is 13.0 Å². The largest absolute Gasteiger partial charge is 0.320 e. The van der Waals surface area contributed by atoms with Crippen molar-refractivity contribution in [2.24, 2.45) is 5.73 Å². The number of hydrogen-bond acceptors (Lipinski definition) is 3. The Balaban J connectivity index is 2.35. The van der Waals surface area contributed by atoms with Gasteiger partial charge in [0.1, 0.15) is 0 Å². The molecule has 2 aromatic rings. The third kappa shape index (κ3) is 2.53. The van der Waals surface area contributed by atoms with E-state index in [0.29, 0.717) is 0 Å². The van der Waals surface area contributed by atoms with E-state index >= 15 is 0 Å². The van der Waals surface area contributed by atoms with E-state index in [1.165, 1.54) is 10.4 Å². The fourth-order valence-corrected chi connectivity index (χ4v) is 5.04. The molecule has 2 N–H and O–H groups in total. The SMILES string of the molecule is Cc1cc(C(N)c2cc(Br)sc2Br)cs1. The molecule has 2 heterocycles. The number of halogens is 2. The van der Waals surface area contributed by atoms with Crippen molar-refractivity contribution in [3.8, 4) is 0 Å². The predicted octanol–water partition coefficient (Wildman–Crippen LogP) is 4.69. The first kappa shape index (κ1) is 11.8. The van der Waals surface area contributed by atoms with Crippen LogP contribution in [0.15, 0.2) is 25.1 Å². The minimum Gasteiger partial charge on any atom is -0.320 e. The maximum absolute atomic E-state index is 6.21. The second kappa shape index (κ2) is 4.67. The van der Waals surface area contributed by atoms with E-state index in [4.69, 9.17) is 5.73 Å². The summed E-state index contributed by atoms with van der Waals surface area (Å²) in [6.45, 7) is 2.10. The quantitative estimate of drug-likeness (QED) is 0.819. The molecule has 80 valence electrons. The van der Waals surface area contributed by atoms with E-state index in [1.54, 1.807) is 22.7 Å². The number of hydrogen-bond donors (Lipinski definition) is 1. The molecule has 1 nitrogen and oxygen atoms in total. The van der Waals surface area contributed by atoms with E-state index in [2.05, 4.69) is 56.3 Å². The van der Waals surface area contributed by atoms with Gasteiger partial charge in [-0.1, -0.05) is 0 Å². The van der Waals surface area contributed by atoms with Crippen molar-refractivity contribution in [3.05, 3.63) is 41.1 Å². The van der Waals surface area contributed by atoms with Crippen LogP contribution in [-0.2, 0) is 0 Å². The maximum Gasteiger partial charge on any atom is 0.0761 e. The number of nitrogens with two attached hydrogens (primary N) is 1. The van der Waals surface area contributed by atoms with Crippen molar-refractivity contribution >= 4 is 54.5 Å². The molecule has 0 saturated carbocycles. The van der Waals surface area contributed by atoms with Crippen LogP contribution in [0.1, 0.15) is 22.0 Å². The van der Waals surface area contributed by atoms with Crippen molar-refractivity contribution in [1.29, 1.82) is 0 Å². The van der Waals surface area contributed by atoms with Crippen LogP contribution < -0.4 is 5.73 Å². The topological polar surface area (TPSA) is 26.0 Å². The molecule has 15 heavy (non-hydrogen) atoms. The van der Waals surface area contributed by atoms with Gasteiger partial charge in [0.25, 0.3) is 0 Å². The van der Waals surface area contributed by atoms with Crippen LogP contribution in [0.2, 0.25) is 0 Å². The van der Waals surface area contributed by atoms with Gasteiger partial charge in [-0.25, -0.2) is 0 Å². The number of thiophene rings is 2. The normalized spacial score (nSPS) is 13.1. The summed E-state index contributed by atoms with van der Waals surface area (Å²) in [6.07, 6.45) is 0. The zero-order chi connectivity index (χ0) is 11.0.